The summed E-state index contributed by atoms with van der Waals surface area (Å²) < 4.78 is 0. The van der Waals surface area contributed by atoms with E-state index < -0.39 is 0 Å². The Morgan fingerprint density at radius 2 is 2.08 bits per heavy atom. The number of carbonyl (C=O) groups excluding carboxylic acids is 1. The Hall–Kier alpha value is -1.31. The molecule has 1 aromatic rings. The molecule has 1 N–H and O–H groups in total. The Labute approximate surface area is 77.2 Å². The van der Waals surface area contributed by atoms with Crippen LogP contribution in [0.2, 0.25) is 0 Å². The third-order valence-electron chi connectivity index (χ3n) is 2.62. The molecule has 13 heavy (non-hydrogen) atoms. The lowest BCUT2D eigenvalue weighted by molar-refractivity contribution is 0.0971. The quantitative estimate of drug-likeness (QED) is 0.658. The van der Waals surface area contributed by atoms with Gasteiger partial charge in [-0.3, -0.25) is 4.79 Å². The number of benzene rings is 1. The zero-order valence-corrected chi connectivity index (χ0v) is 7.63. The Balaban J connectivity index is 2.63. The first-order valence-electron chi connectivity index (χ1n) is 4.55. The van der Waals surface area contributed by atoms with Gasteiger partial charge in [0.2, 0.25) is 0 Å². The molecular weight excluding hydrogens is 164 g/mol. The molecule has 0 aliphatic heterocycles. The molecule has 0 saturated heterocycles. The molecule has 1 aliphatic carbocycles. The predicted octanol–water partition coefficient (Wildman–Crippen LogP) is 2.22. The SMILES string of the molecule is Cc1ccc2c(c1O)CCCC2=O. The highest BCUT2D eigenvalue weighted by Gasteiger charge is 2.20. The summed E-state index contributed by atoms with van der Waals surface area (Å²) in [6.45, 7) is 1.86. The van der Waals surface area contributed by atoms with Gasteiger partial charge in [-0.15, -0.1) is 0 Å². The Kier molecular flexibility index (Phi) is 1.83. The zero-order valence-electron chi connectivity index (χ0n) is 7.63. The van der Waals surface area contributed by atoms with Gasteiger partial charge in [-0.05, 0) is 25.3 Å². The first kappa shape index (κ1) is 8.30. The van der Waals surface area contributed by atoms with Crippen LogP contribution in [0.3, 0.4) is 0 Å². The fourth-order valence-corrected chi connectivity index (χ4v) is 1.83. The Bertz CT molecular complexity index is 367. The van der Waals surface area contributed by atoms with Gasteiger partial charge in [0.05, 0.1) is 0 Å². The molecule has 1 aliphatic rings. The molecule has 0 unspecified atom stereocenters. The average molecular weight is 176 g/mol. The van der Waals surface area contributed by atoms with E-state index >= 15 is 0 Å². The fraction of sp³-hybridized carbons (Fsp3) is 0.364. The van der Waals surface area contributed by atoms with Crippen molar-refractivity contribution in [2.75, 3.05) is 0 Å². The molecule has 0 fully saturated rings. The maximum absolute atomic E-state index is 11.4. The first-order chi connectivity index (χ1) is 6.20. The third-order valence-corrected chi connectivity index (χ3v) is 2.62. The summed E-state index contributed by atoms with van der Waals surface area (Å²) in [5.74, 6) is 0.474. The molecule has 0 radical (unpaired) electrons. The second-order valence-corrected chi connectivity index (χ2v) is 3.53. The number of aromatic hydroxyl groups is 1. The van der Waals surface area contributed by atoms with Crippen LogP contribution in [0.4, 0.5) is 0 Å². The summed E-state index contributed by atoms with van der Waals surface area (Å²) in [6, 6.07) is 3.63. The molecule has 0 saturated carbocycles. The number of aryl methyl sites for hydroxylation is 1. The zero-order chi connectivity index (χ0) is 9.42. The van der Waals surface area contributed by atoms with E-state index in [2.05, 4.69) is 0 Å². The van der Waals surface area contributed by atoms with Gasteiger partial charge in [0.15, 0.2) is 5.78 Å². The molecular formula is C11H12O2. The summed E-state index contributed by atoms with van der Waals surface area (Å²) in [5.41, 5.74) is 2.42. The molecule has 0 aromatic heterocycles. The molecule has 0 atom stereocenters. The van der Waals surface area contributed by atoms with Gasteiger partial charge in [-0.2, -0.15) is 0 Å². The lowest BCUT2D eigenvalue weighted by atomic mass is 9.89. The summed E-state index contributed by atoms with van der Waals surface area (Å²) in [4.78, 5) is 11.4. The van der Waals surface area contributed by atoms with Crippen molar-refractivity contribution in [2.45, 2.75) is 26.2 Å². The first-order valence-corrected chi connectivity index (χ1v) is 4.55. The van der Waals surface area contributed by atoms with E-state index in [0.717, 1.165) is 24.0 Å². The lowest BCUT2D eigenvalue weighted by Crippen LogP contribution is -2.10. The lowest BCUT2D eigenvalue weighted by Gasteiger charge is -2.16. The van der Waals surface area contributed by atoms with Crippen molar-refractivity contribution in [3.63, 3.8) is 0 Å². The van der Waals surface area contributed by atoms with E-state index in [1.54, 1.807) is 6.07 Å². The molecule has 0 heterocycles. The van der Waals surface area contributed by atoms with Crippen LogP contribution in [0.1, 0.15) is 34.3 Å². The van der Waals surface area contributed by atoms with Crippen LogP contribution < -0.4 is 0 Å². The van der Waals surface area contributed by atoms with Gasteiger partial charge >= 0.3 is 0 Å². The standard InChI is InChI=1S/C11H12O2/c1-7-5-6-8-9(11(7)13)3-2-4-10(8)12/h5-6,13H,2-4H2,1H3. The molecule has 68 valence electrons. The van der Waals surface area contributed by atoms with E-state index in [9.17, 15) is 9.90 Å². The molecule has 2 heteroatoms. The smallest absolute Gasteiger partial charge is 0.163 e. The topological polar surface area (TPSA) is 37.3 Å². The number of carbonyl (C=O) groups is 1. The highest BCUT2D eigenvalue weighted by molar-refractivity contribution is 5.99. The van der Waals surface area contributed by atoms with Crippen LogP contribution in [0, 0.1) is 6.92 Å². The van der Waals surface area contributed by atoms with Gasteiger partial charge in [-0.1, -0.05) is 12.1 Å². The Morgan fingerprint density at radius 3 is 2.85 bits per heavy atom. The van der Waals surface area contributed by atoms with Crippen molar-refractivity contribution < 1.29 is 9.90 Å². The van der Waals surface area contributed by atoms with Crippen molar-refractivity contribution in [1.82, 2.24) is 0 Å². The maximum Gasteiger partial charge on any atom is 0.163 e. The monoisotopic (exact) mass is 176 g/mol. The van der Waals surface area contributed by atoms with E-state index in [1.807, 2.05) is 13.0 Å². The van der Waals surface area contributed by atoms with Gasteiger partial charge in [-0.25, -0.2) is 0 Å². The minimum Gasteiger partial charge on any atom is -0.507 e. The number of rotatable bonds is 0. The van der Waals surface area contributed by atoms with Crippen molar-refractivity contribution in [1.29, 1.82) is 0 Å². The van der Waals surface area contributed by atoms with E-state index in [4.69, 9.17) is 0 Å². The molecule has 1 aromatic carbocycles. The van der Waals surface area contributed by atoms with Crippen LogP contribution >= 0.6 is 0 Å². The second kappa shape index (κ2) is 2.87. The number of Topliss-reactive ketones (excluding diaryl/α,β-unsaturated/α-hetero) is 1. The normalized spacial score (nSPS) is 15.6. The minimum atomic E-state index is 0.163. The predicted molar refractivity (Wildman–Crippen MR) is 50.1 cm³/mol. The van der Waals surface area contributed by atoms with Crippen LogP contribution in [0.5, 0.6) is 5.75 Å². The number of hydrogen-bond acceptors (Lipinski definition) is 2. The maximum atomic E-state index is 11.4. The fourth-order valence-electron chi connectivity index (χ4n) is 1.83. The van der Waals surface area contributed by atoms with Gasteiger partial charge < -0.3 is 5.11 Å². The second-order valence-electron chi connectivity index (χ2n) is 3.53. The Morgan fingerprint density at radius 1 is 1.31 bits per heavy atom. The molecule has 0 amide bonds. The summed E-state index contributed by atoms with van der Waals surface area (Å²) in [7, 11) is 0. The third kappa shape index (κ3) is 1.22. The highest BCUT2D eigenvalue weighted by Crippen LogP contribution is 2.31. The van der Waals surface area contributed by atoms with Crippen LogP contribution in [0.15, 0.2) is 12.1 Å². The summed E-state index contributed by atoms with van der Waals surface area (Å²) in [6.07, 6.45) is 2.31. The van der Waals surface area contributed by atoms with E-state index in [0.29, 0.717) is 17.7 Å². The summed E-state index contributed by atoms with van der Waals surface area (Å²) >= 11 is 0. The van der Waals surface area contributed by atoms with Crippen molar-refractivity contribution >= 4 is 5.78 Å². The van der Waals surface area contributed by atoms with Crippen molar-refractivity contribution in [3.05, 3.63) is 28.8 Å². The average Bonchev–Trinajstić information content (AvgIpc) is 2.12. The van der Waals surface area contributed by atoms with Crippen LogP contribution in [0.25, 0.3) is 0 Å². The van der Waals surface area contributed by atoms with Crippen molar-refractivity contribution in [2.24, 2.45) is 0 Å². The summed E-state index contributed by atoms with van der Waals surface area (Å²) in [5, 5.41) is 9.71. The highest BCUT2D eigenvalue weighted by atomic mass is 16.3. The van der Waals surface area contributed by atoms with E-state index in [-0.39, 0.29) is 5.78 Å². The molecule has 2 nitrogen and oxygen atoms in total. The van der Waals surface area contributed by atoms with Gasteiger partial charge in [0.1, 0.15) is 5.75 Å². The number of hydrogen-bond donors (Lipinski definition) is 1. The molecule has 0 bridgehead atoms. The molecule has 0 spiro atoms. The van der Waals surface area contributed by atoms with Crippen LogP contribution in [-0.4, -0.2) is 10.9 Å². The number of ketones is 1. The largest absolute Gasteiger partial charge is 0.507 e. The number of phenols is 1. The number of fused-ring (bicyclic) bond motifs is 1. The van der Waals surface area contributed by atoms with Gasteiger partial charge in [0, 0.05) is 17.5 Å². The number of phenolic OH excluding ortho intramolecular Hbond substituents is 1. The van der Waals surface area contributed by atoms with Gasteiger partial charge in [0.25, 0.3) is 0 Å². The minimum absolute atomic E-state index is 0.163. The van der Waals surface area contributed by atoms with E-state index in [1.165, 1.54) is 0 Å². The molecule has 2 rings (SSSR count). The van der Waals surface area contributed by atoms with Crippen molar-refractivity contribution in [3.8, 4) is 5.75 Å². The van der Waals surface area contributed by atoms with Crippen LogP contribution in [-0.2, 0) is 6.42 Å².